The lowest BCUT2D eigenvalue weighted by Crippen LogP contribution is -2.31. The van der Waals surface area contributed by atoms with Crippen molar-refractivity contribution in [2.24, 2.45) is 0 Å². The smallest absolute Gasteiger partial charge is 0.272 e. The average molecular weight is 352 g/mol. The summed E-state index contributed by atoms with van der Waals surface area (Å²) in [4.78, 5) is 19.2. The Morgan fingerprint density at radius 1 is 1.23 bits per heavy atom. The molecule has 1 saturated heterocycles. The lowest BCUT2D eigenvalue weighted by atomic mass is 10.1. The second-order valence-corrected chi connectivity index (χ2v) is 6.33. The summed E-state index contributed by atoms with van der Waals surface area (Å²) in [6, 6.07) is 9.25. The van der Waals surface area contributed by atoms with Gasteiger partial charge < -0.3 is 9.64 Å². The van der Waals surface area contributed by atoms with Gasteiger partial charge in [0.2, 0.25) is 0 Å². The van der Waals surface area contributed by atoms with E-state index in [1.807, 2.05) is 36.1 Å². The third kappa shape index (κ3) is 2.94. The van der Waals surface area contributed by atoms with Gasteiger partial charge in [0.1, 0.15) is 17.3 Å². The summed E-state index contributed by atoms with van der Waals surface area (Å²) in [6.07, 6.45) is 1.80. The molecule has 2 aromatic heterocycles. The average Bonchev–Trinajstić information content (AvgIpc) is 3.41. The molecule has 134 valence electrons. The quantitative estimate of drug-likeness (QED) is 0.751. The molecule has 1 aliphatic rings. The summed E-state index contributed by atoms with van der Waals surface area (Å²) in [5, 5.41) is 14.2. The minimum atomic E-state index is -0.0970. The minimum absolute atomic E-state index is 0.0813. The van der Waals surface area contributed by atoms with E-state index >= 15 is 0 Å². The Morgan fingerprint density at radius 2 is 2.04 bits per heavy atom. The first-order valence-electron chi connectivity index (χ1n) is 8.55. The van der Waals surface area contributed by atoms with E-state index < -0.39 is 0 Å². The van der Waals surface area contributed by atoms with Crippen molar-refractivity contribution in [1.29, 1.82) is 0 Å². The van der Waals surface area contributed by atoms with E-state index in [1.54, 1.807) is 13.2 Å². The van der Waals surface area contributed by atoms with Crippen LogP contribution in [0.5, 0.6) is 5.75 Å². The van der Waals surface area contributed by atoms with Crippen molar-refractivity contribution >= 4 is 5.91 Å². The lowest BCUT2D eigenvalue weighted by molar-refractivity contribution is 0.0724. The second kappa shape index (κ2) is 6.62. The molecule has 1 atom stereocenters. The molecule has 2 N–H and O–H groups in total. The molecule has 1 aromatic carbocycles. The van der Waals surface area contributed by atoms with Gasteiger partial charge in [-0.05, 0) is 50.1 Å². The number of nitrogens with zero attached hydrogens (tertiary/aromatic N) is 4. The number of carbonyl (C=O) groups is 1. The molecule has 4 rings (SSSR count). The van der Waals surface area contributed by atoms with Crippen molar-refractivity contribution < 1.29 is 9.53 Å². The Morgan fingerprint density at radius 3 is 2.73 bits per heavy atom. The number of hydrogen-bond acceptors (Lipinski definition) is 5. The van der Waals surface area contributed by atoms with Crippen LogP contribution in [0.25, 0.3) is 11.3 Å². The number of nitrogens with one attached hydrogen (secondary N) is 2. The third-order valence-corrected chi connectivity index (χ3v) is 4.62. The molecule has 1 aliphatic heterocycles. The van der Waals surface area contributed by atoms with E-state index in [9.17, 15) is 4.79 Å². The highest BCUT2D eigenvalue weighted by atomic mass is 16.5. The van der Waals surface area contributed by atoms with Crippen molar-refractivity contribution in [3.05, 3.63) is 47.7 Å². The Kier molecular flexibility index (Phi) is 4.16. The molecular weight excluding hydrogens is 332 g/mol. The number of hydrogen-bond donors (Lipinski definition) is 2. The predicted octanol–water partition coefficient (Wildman–Crippen LogP) is 2.49. The first-order valence-corrected chi connectivity index (χ1v) is 8.55. The van der Waals surface area contributed by atoms with E-state index in [4.69, 9.17) is 4.74 Å². The molecule has 1 amide bonds. The summed E-state index contributed by atoms with van der Waals surface area (Å²) in [6.45, 7) is 2.54. The normalized spacial score (nSPS) is 16.8. The van der Waals surface area contributed by atoms with Crippen molar-refractivity contribution in [2.45, 2.75) is 25.8 Å². The Bertz CT molecular complexity index is 914. The highest BCUT2D eigenvalue weighted by Gasteiger charge is 2.33. The molecule has 0 spiro atoms. The number of aromatic amines is 2. The standard InChI is InChI=1S/C18H20N6O2/c1-11-19-17(23-20-11)16-4-3-9-24(16)18(25)15-10-14(21-22-15)12-5-7-13(26-2)8-6-12/h5-8,10,16H,3-4,9H2,1-2H3,(H,21,22)(H,19,20,23)/t16-/m0/s1. The van der Waals surface area contributed by atoms with Crippen molar-refractivity contribution in [3.63, 3.8) is 0 Å². The number of carbonyl (C=O) groups excluding carboxylic acids is 1. The zero-order valence-electron chi connectivity index (χ0n) is 14.7. The number of likely N-dealkylation sites (tertiary alicyclic amines) is 1. The van der Waals surface area contributed by atoms with Gasteiger partial charge in [0.25, 0.3) is 5.91 Å². The van der Waals surface area contributed by atoms with Gasteiger partial charge in [-0.15, -0.1) is 0 Å². The predicted molar refractivity (Wildman–Crippen MR) is 94.7 cm³/mol. The van der Waals surface area contributed by atoms with Gasteiger partial charge in [-0.1, -0.05) is 0 Å². The zero-order valence-corrected chi connectivity index (χ0v) is 14.7. The van der Waals surface area contributed by atoms with Gasteiger partial charge in [-0.3, -0.25) is 15.0 Å². The Balaban J connectivity index is 1.55. The van der Waals surface area contributed by atoms with Gasteiger partial charge in [-0.25, -0.2) is 4.98 Å². The van der Waals surface area contributed by atoms with Crippen LogP contribution in [0.2, 0.25) is 0 Å². The first kappa shape index (κ1) is 16.3. The van der Waals surface area contributed by atoms with Crippen molar-refractivity contribution in [1.82, 2.24) is 30.3 Å². The number of benzene rings is 1. The lowest BCUT2D eigenvalue weighted by Gasteiger charge is -2.21. The maximum absolute atomic E-state index is 13.0. The van der Waals surface area contributed by atoms with Crippen molar-refractivity contribution in [3.8, 4) is 17.0 Å². The molecule has 0 bridgehead atoms. The molecule has 0 radical (unpaired) electrons. The summed E-state index contributed by atoms with van der Waals surface area (Å²) >= 11 is 0. The molecule has 0 unspecified atom stereocenters. The van der Waals surface area contributed by atoms with Crippen LogP contribution in [0.3, 0.4) is 0 Å². The van der Waals surface area contributed by atoms with E-state index in [0.717, 1.165) is 35.7 Å². The molecule has 8 heteroatoms. The molecule has 0 aliphatic carbocycles. The summed E-state index contributed by atoms with van der Waals surface area (Å²) in [7, 11) is 1.63. The summed E-state index contributed by atoms with van der Waals surface area (Å²) in [5.74, 6) is 2.12. The zero-order chi connectivity index (χ0) is 18.1. The number of methoxy groups -OCH3 is 1. The van der Waals surface area contributed by atoms with Gasteiger partial charge in [0.05, 0.1) is 18.8 Å². The third-order valence-electron chi connectivity index (χ3n) is 4.62. The molecule has 3 heterocycles. The van der Waals surface area contributed by atoms with E-state index in [1.165, 1.54) is 0 Å². The molecule has 0 saturated carbocycles. The monoisotopic (exact) mass is 352 g/mol. The van der Waals surface area contributed by atoms with Crippen LogP contribution in [-0.2, 0) is 0 Å². The van der Waals surface area contributed by atoms with Gasteiger partial charge in [0, 0.05) is 12.1 Å². The van der Waals surface area contributed by atoms with Crippen LogP contribution >= 0.6 is 0 Å². The number of H-pyrrole nitrogens is 2. The highest BCUT2D eigenvalue weighted by Crippen LogP contribution is 2.31. The van der Waals surface area contributed by atoms with Gasteiger partial charge in [-0.2, -0.15) is 10.2 Å². The number of amides is 1. The van der Waals surface area contributed by atoms with Crippen LogP contribution in [0, 0.1) is 6.92 Å². The topological polar surface area (TPSA) is 99.8 Å². The van der Waals surface area contributed by atoms with E-state index in [-0.39, 0.29) is 11.9 Å². The maximum Gasteiger partial charge on any atom is 0.272 e. The molecular formula is C18H20N6O2. The van der Waals surface area contributed by atoms with Crippen LogP contribution in [0.4, 0.5) is 0 Å². The maximum atomic E-state index is 13.0. The fourth-order valence-electron chi connectivity index (χ4n) is 3.28. The number of aryl methyl sites for hydroxylation is 1. The van der Waals surface area contributed by atoms with Crippen molar-refractivity contribution in [2.75, 3.05) is 13.7 Å². The number of aromatic nitrogens is 5. The number of ether oxygens (including phenoxy) is 1. The molecule has 8 nitrogen and oxygen atoms in total. The molecule has 1 fully saturated rings. The van der Waals surface area contributed by atoms with Crippen LogP contribution < -0.4 is 4.74 Å². The summed E-state index contributed by atoms with van der Waals surface area (Å²) in [5.41, 5.74) is 2.11. The Labute approximate surface area is 150 Å². The van der Waals surface area contributed by atoms with E-state index in [2.05, 4.69) is 25.4 Å². The molecule has 26 heavy (non-hydrogen) atoms. The van der Waals surface area contributed by atoms with Crippen LogP contribution in [0.15, 0.2) is 30.3 Å². The Hall–Kier alpha value is -3.16. The minimum Gasteiger partial charge on any atom is -0.497 e. The van der Waals surface area contributed by atoms with E-state index in [0.29, 0.717) is 18.1 Å². The van der Waals surface area contributed by atoms with Crippen LogP contribution in [-0.4, -0.2) is 49.8 Å². The molecule has 3 aromatic rings. The largest absolute Gasteiger partial charge is 0.497 e. The second-order valence-electron chi connectivity index (χ2n) is 6.33. The van der Waals surface area contributed by atoms with Gasteiger partial charge in [0.15, 0.2) is 5.82 Å². The SMILES string of the molecule is COc1ccc(-c2cc(C(=O)N3CCC[C@H]3c3n[nH]c(C)n3)[nH]n2)cc1. The fraction of sp³-hybridized carbons (Fsp3) is 0.333. The first-order chi connectivity index (χ1) is 12.7. The van der Waals surface area contributed by atoms with Crippen LogP contribution in [0.1, 0.15) is 41.0 Å². The summed E-state index contributed by atoms with van der Waals surface area (Å²) < 4.78 is 5.17. The number of rotatable bonds is 4. The van der Waals surface area contributed by atoms with Gasteiger partial charge >= 0.3 is 0 Å². The fourth-order valence-corrected chi connectivity index (χ4v) is 3.28. The highest BCUT2D eigenvalue weighted by molar-refractivity contribution is 5.93.